The molecule has 2 bridgehead atoms. The van der Waals surface area contributed by atoms with Gasteiger partial charge in [0.05, 0.1) is 19.8 Å². The van der Waals surface area contributed by atoms with Crippen LogP contribution in [0.1, 0.15) is 36.8 Å². The van der Waals surface area contributed by atoms with Crippen LogP contribution in [0.3, 0.4) is 0 Å². The van der Waals surface area contributed by atoms with Gasteiger partial charge in [-0.1, -0.05) is 36.9 Å². The Kier molecular flexibility index (Phi) is 6.02. The van der Waals surface area contributed by atoms with Crippen molar-refractivity contribution < 1.29 is 19.3 Å². The first kappa shape index (κ1) is 20.8. The van der Waals surface area contributed by atoms with E-state index in [1.54, 1.807) is 20.3 Å². The highest BCUT2D eigenvalue weighted by Crippen LogP contribution is 2.47. The number of aliphatic hydroxyl groups is 1. The van der Waals surface area contributed by atoms with Crippen molar-refractivity contribution in [1.82, 2.24) is 4.90 Å². The first-order chi connectivity index (χ1) is 14.6. The highest BCUT2D eigenvalue weighted by Gasteiger charge is 2.48. The molecule has 2 aromatic carbocycles. The monoisotopic (exact) mass is 409 g/mol. The molecule has 2 atom stereocenters. The molecule has 5 heteroatoms. The third kappa shape index (κ3) is 3.92. The molecule has 4 rings (SSSR count). The van der Waals surface area contributed by atoms with Crippen LogP contribution in [0.15, 0.2) is 55.1 Å². The molecule has 2 saturated heterocycles. The van der Waals surface area contributed by atoms with Gasteiger partial charge in [-0.3, -0.25) is 4.90 Å². The van der Waals surface area contributed by atoms with Crippen molar-refractivity contribution in [3.05, 3.63) is 66.2 Å². The average molecular weight is 410 g/mol. The van der Waals surface area contributed by atoms with Crippen molar-refractivity contribution >= 4 is 0 Å². The lowest BCUT2D eigenvalue weighted by Crippen LogP contribution is -2.49. The van der Waals surface area contributed by atoms with Crippen LogP contribution in [0, 0.1) is 0 Å². The molecule has 0 amide bonds. The Hall–Kier alpha value is -2.50. The number of fused-ring (bicyclic) bond motifs is 2. The smallest absolute Gasteiger partial charge is 0.166 e. The summed E-state index contributed by atoms with van der Waals surface area (Å²) < 4.78 is 16.7. The van der Waals surface area contributed by atoms with Crippen LogP contribution in [-0.2, 0) is 12.1 Å². The molecule has 0 radical (unpaired) electrons. The number of hydrogen-bond donors (Lipinski definition) is 1. The molecule has 160 valence electrons. The summed E-state index contributed by atoms with van der Waals surface area (Å²) >= 11 is 0. The van der Waals surface area contributed by atoms with E-state index in [0.29, 0.717) is 18.7 Å². The maximum atomic E-state index is 11.5. The predicted molar refractivity (Wildman–Crippen MR) is 117 cm³/mol. The van der Waals surface area contributed by atoms with E-state index in [-0.39, 0.29) is 0 Å². The summed E-state index contributed by atoms with van der Waals surface area (Å²) in [5, 5.41) is 11.5. The number of hydrogen-bond acceptors (Lipinski definition) is 5. The minimum absolute atomic E-state index is 0.342. The molecule has 0 aliphatic carbocycles. The van der Waals surface area contributed by atoms with Gasteiger partial charge in [0.2, 0.25) is 0 Å². The first-order valence-electron chi connectivity index (χ1n) is 10.6. The van der Waals surface area contributed by atoms with Gasteiger partial charge in [-0.05, 0) is 49.4 Å². The Morgan fingerprint density at radius 3 is 2.37 bits per heavy atom. The molecule has 2 aliphatic heterocycles. The summed E-state index contributed by atoms with van der Waals surface area (Å²) in [5.41, 5.74) is 1.31. The van der Waals surface area contributed by atoms with E-state index in [0.717, 1.165) is 60.6 Å². The van der Waals surface area contributed by atoms with Crippen molar-refractivity contribution in [1.29, 1.82) is 0 Å². The summed E-state index contributed by atoms with van der Waals surface area (Å²) in [6.07, 6.45) is 5.44. The third-order valence-corrected chi connectivity index (χ3v) is 6.52. The van der Waals surface area contributed by atoms with Crippen molar-refractivity contribution in [2.75, 3.05) is 20.8 Å². The summed E-state index contributed by atoms with van der Waals surface area (Å²) in [7, 11) is 3.33. The van der Waals surface area contributed by atoms with Gasteiger partial charge in [-0.15, -0.1) is 0 Å². The number of methoxy groups -OCH3 is 2. The lowest BCUT2D eigenvalue weighted by molar-refractivity contribution is -0.0596. The van der Waals surface area contributed by atoms with Gasteiger partial charge in [0.1, 0.15) is 12.4 Å². The molecule has 0 unspecified atom stereocenters. The Labute approximate surface area is 178 Å². The molecule has 30 heavy (non-hydrogen) atoms. The fraction of sp³-hybridized carbons (Fsp3) is 0.440. The van der Waals surface area contributed by atoms with Crippen LogP contribution in [0.5, 0.6) is 17.2 Å². The molecule has 2 aromatic rings. The molecular formula is C25H31NO4. The van der Waals surface area contributed by atoms with Crippen molar-refractivity contribution in [3.63, 3.8) is 0 Å². The second-order valence-corrected chi connectivity index (χ2v) is 8.27. The van der Waals surface area contributed by atoms with Gasteiger partial charge in [0.25, 0.3) is 0 Å². The van der Waals surface area contributed by atoms with E-state index in [9.17, 15) is 5.11 Å². The Morgan fingerprint density at radius 2 is 1.77 bits per heavy atom. The maximum absolute atomic E-state index is 11.5. The van der Waals surface area contributed by atoms with Crippen LogP contribution < -0.4 is 14.2 Å². The van der Waals surface area contributed by atoms with Crippen LogP contribution in [0.25, 0.3) is 0 Å². The van der Waals surface area contributed by atoms with Crippen LogP contribution in [-0.4, -0.2) is 42.9 Å². The molecule has 2 fully saturated rings. The number of ether oxygens (including phenoxy) is 3. The molecule has 0 aromatic heterocycles. The molecule has 5 nitrogen and oxygen atoms in total. The molecule has 2 aliphatic rings. The fourth-order valence-corrected chi connectivity index (χ4v) is 5.06. The Bertz CT molecular complexity index is 865. The van der Waals surface area contributed by atoms with Crippen molar-refractivity contribution in [2.24, 2.45) is 0 Å². The molecule has 0 spiro atoms. The Morgan fingerprint density at radius 1 is 1.07 bits per heavy atom. The zero-order valence-corrected chi connectivity index (χ0v) is 17.8. The highest BCUT2D eigenvalue weighted by molar-refractivity contribution is 5.47. The number of nitrogens with zero attached hydrogens (tertiary/aromatic N) is 1. The van der Waals surface area contributed by atoms with Crippen LogP contribution >= 0.6 is 0 Å². The molecular weight excluding hydrogens is 378 g/mol. The lowest BCUT2D eigenvalue weighted by Gasteiger charge is -2.44. The normalized spacial score (nSPS) is 25.7. The maximum Gasteiger partial charge on any atom is 0.166 e. The van der Waals surface area contributed by atoms with E-state index in [2.05, 4.69) is 17.5 Å². The van der Waals surface area contributed by atoms with E-state index < -0.39 is 5.60 Å². The summed E-state index contributed by atoms with van der Waals surface area (Å²) in [4.78, 5) is 2.54. The predicted octanol–water partition coefficient (Wildman–Crippen LogP) is 4.28. The summed E-state index contributed by atoms with van der Waals surface area (Å²) in [6.45, 7) is 4.99. The third-order valence-electron chi connectivity index (χ3n) is 6.52. The number of para-hydroxylation sites is 1. The van der Waals surface area contributed by atoms with E-state index in [1.165, 1.54) is 0 Å². The molecule has 0 saturated carbocycles. The van der Waals surface area contributed by atoms with Gasteiger partial charge in [-0.25, -0.2) is 0 Å². The second kappa shape index (κ2) is 8.70. The number of benzene rings is 2. The van der Waals surface area contributed by atoms with Crippen molar-refractivity contribution in [3.8, 4) is 17.2 Å². The van der Waals surface area contributed by atoms with Gasteiger partial charge in [0, 0.05) is 24.2 Å². The summed E-state index contributed by atoms with van der Waals surface area (Å²) in [5.74, 6) is 2.34. The SMILES string of the molecule is C=CCOc1c(CN2[C@H]3CC[C@H]2CC(O)(c2ccc(OC)cc2)C3)cccc1OC. The van der Waals surface area contributed by atoms with Crippen LogP contribution in [0.4, 0.5) is 0 Å². The van der Waals surface area contributed by atoms with Crippen molar-refractivity contribution in [2.45, 2.75) is 49.9 Å². The quantitative estimate of drug-likeness (QED) is 0.660. The summed E-state index contributed by atoms with van der Waals surface area (Å²) in [6, 6.07) is 14.6. The second-order valence-electron chi connectivity index (χ2n) is 8.27. The van der Waals surface area contributed by atoms with Gasteiger partial charge >= 0.3 is 0 Å². The van der Waals surface area contributed by atoms with Gasteiger partial charge in [0.15, 0.2) is 11.5 Å². The topological polar surface area (TPSA) is 51.2 Å². The van der Waals surface area contributed by atoms with Crippen LogP contribution in [0.2, 0.25) is 0 Å². The molecule has 1 N–H and O–H groups in total. The lowest BCUT2D eigenvalue weighted by atomic mass is 9.80. The molecule has 2 heterocycles. The zero-order chi connectivity index (χ0) is 21.1. The average Bonchev–Trinajstić information content (AvgIpc) is 3.01. The van der Waals surface area contributed by atoms with Gasteiger partial charge < -0.3 is 19.3 Å². The number of piperidine rings is 1. The van der Waals surface area contributed by atoms with E-state index in [4.69, 9.17) is 14.2 Å². The van der Waals surface area contributed by atoms with Gasteiger partial charge in [-0.2, -0.15) is 0 Å². The minimum atomic E-state index is -0.787. The van der Waals surface area contributed by atoms with E-state index in [1.807, 2.05) is 36.4 Å². The minimum Gasteiger partial charge on any atom is -0.497 e. The number of rotatable bonds is 8. The standard InChI is InChI=1S/C25H31NO4/c1-4-14-30-24-18(6-5-7-23(24)29-3)17-26-20-10-11-21(26)16-25(27,15-20)19-8-12-22(28-2)13-9-19/h4-9,12-13,20-21,27H,1,10-11,14-17H2,2-3H3/t20-,21-/m0/s1. The zero-order valence-electron chi connectivity index (χ0n) is 17.8. The Balaban J connectivity index is 1.54. The largest absolute Gasteiger partial charge is 0.497 e. The fourth-order valence-electron chi connectivity index (χ4n) is 5.06. The highest BCUT2D eigenvalue weighted by atomic mass is 16.5. The first-order valence-corrected chi connectivity index (χ1v) is 10.6. The van der Waals surface area contributed by atoms with E-state index >= 15 is 0 Å².